The highest BCUT2D eigenvalue weighted by atomic mass is 32.1. The molecule has 14 heteroatoms. The Labute approximate surface area is 223 Å². The van der Waals surface area contributed by atoms with Gasteiger partial charge in [-0.25, -0.2) is 19.7 Å². The molecule has 1 fully saturated rings. The number of halogens is 3. The zero-order chi connectivity index (χ0) is 26.7. The molecule has 4 aromatic rings. The van der Waals surface area contributed by atoms with Gasteiger partial charge in [-0.3, -0.25) is 10.1 Å². The Hall–Kier alpha value is -3.78. The van der Waals surface area contributed by atoms with Crippen molar-refractivity contribution in [2.75, 3.05) is 35.6 Å². The van der Waals surface area contributed by atoms with Crippen molar-refractivity contribution >= 4 is 61.5 Å². The number of benzene rings is 1. The van der Waals surface area contributed by atoms with Gasteiger partial charge in [0.15, 0.2) is 5.13 Å². The molecule has 0 spiro atoms. The third kappa shape index (κ3) is 6.02. The van der Waals surface area contributed by atoms with Crippen LogP contribution >= 0.6 is 22.7 Å². The summed E-state index contributed by atoms with van der Waals surface area (Å²) in [6.07, 6.45) is 0.688. The molecule has 4 heterocycles. The molecule has 0 radical (unpaired) electrons. The zero-order valence-electron chi connectivity index (χ0n) is 19.8. The van der Waals surface area contributed by atoms with Gasteiger partial charge in [-0.1, -0.05) is 0 Å². The van der Waals surface area contributed by atoms with E-state index in [1.165, 1.54) is 28.6 Å². The fourth-order valence-corrected chi connectivity index (χ4v) is 5.67. The van der Waals surface area contributed by atoms with E-state index in [2.05, 4.69) is 30.9 Å². The number of hydrogen-bond acceptors (Lipinski definition) is 8. The van der Waals surface area contributed by atoms with E-state index in [9.17, 15) is 22.8 Å². The van der Waals surface area contributed by atoms with Crippen LogP contribution in [-0.2, 0) is 12.6 Å². The number of thiophene rings is 1. The summed E-state index contributed by atoms with van der Waals surface area (Å²) < 4.78 is 41.4. The van der Waals surface area contributed by atoms with Gasteiger partial charge in [-0.15, -0.1) is 22.7 Å². The maximum absolute atomic E-state index is 13.5. The molecule has 1 aromatic carbocycles. The van der Waals surface area contributed by atoms with E-state index in [1.54, 1.807) is 17.5 Å². The van der Waals surface area contributed by atoms with E-state index in [4.69, 9.17) is 0 Å². The van der Waals surface area contributed by atoms with Crippen LogP contribution in [0.25, 0.3) is 10.2 Å². The van der Waals surface area contributed by atoms with Gasteiger partial charge < -0.3 is 15.5 Å². The lowest BCUT2D eigenvalue weighted by molar-refractivity contribution is -0.137. The first kappa shape index (κ1) is 25.9. The van der Waals surface area contributed by atoms with Gasteiger partial charge >= 0.3 is 12.2 Å². The number of likely N-dealkylation sites (tertiary alicyclic amines) is 1. The molecule has 1 aliphatic rings. The summed E-state index contributed by atoms with van der Waals surface area (Å²) in [5.41, 5.74) is -0.392. The summed E-state index contributed by atoms with van der Waals surface area (Å²) in [4.78, 5) is 40.3. The number of carbonyl (C=O) groups is 2. The normalized spacial score (nSPS) is 13.6. The van der Waals surface area contributed by atoms with Gasteiger partial charge in [0, 0.05) is 48.4 Å². The Balaban J connectivity index is 1.20. The third-order valence-corrected chi connectivity index (χ3v) is 7.72. The number of aromatic nitrogens is 3. The first-order valence-electron chi connectivity index (χ1n) is 11.7. The lowest BCUT2D eigenvalue weighted by atomic mass is 10.1. The number of fused-ring (bicyclic) bond motifs is 1. The predicted molar refractivity (Wildman–Crippen MR) is 141 cm³/mol. The second-order valence-electron chi connectivity index (χ2n) is 8.54. The summed E-state index contributed by atoms with van der Waals surface area (Å²) in [7, 11) is 0. The topological polar surface area (TPSA) is 112 Å². The molecule has 1 saturated heterocycles. The molecule has 5 rings (SSSR count). The number of nitrogens with one attached hydrogen (secondary N) is 3. The van der Waals surface area contributed by atoms with Gasteiger partial charge in [0.2, 0.25) is 0 Å². The molecule has 0 unspecified atom stereocenters. The van der Waals surface area contributed by atoms with E-state index in [0.29, 0.717) is 31.2 Å². The largest absolute Gasteiger partial charge is 0.416 e. The van der Waals surface area contributed by atoms with Crippen LogP contribution in [0.4, 0.5) is 34.6 Å². The average Bonchev–Trinajstić information content (AvgIpc) is 3.65. The van der Waals surface area contributed by atoms with Gasteiger partial charge in [-0.05, 0) is 42.5 Å². The fraction of sp³-hybridized carbons (Fsp3) is 0.292. The Morgan fingerprint density at radius 1 is 1.05 bits per heavy atom. The minimum absolute atomic E-state index is 0.121. The molecular formula is C24H22F3N7O2S2. The SMILES string of the molecule is O=C(Nc1cc(C(=O)N2CCCC2)cc(C(F)(F)F)c1)Nc1ncc(CCNc2ncnc3ccsc23)s1. The minimum atomic E-state index is -4.67. The number of anilines is 3. The highest BCUT2D eigenvalue weighted by Gasteiger charge is 2.33. The molecule has 1 aliphatic heterocycles. The molecule has 3 N–H and O–H groups in total. The molecule has 198 valence electrons. The maximum atomic E-state index is 13.5. The van der Waals surface area contributed by atoms with Gasteiger partial charge in [0.1, 0.15) is 12.1 Å². The lowest BCUT2D eigenvalue weighted by Gasteiger charge is -2.18. The number of rotatable bonds is 7. The van der Waals surface area contributed by atoms with E-state index < -0.39 is 23.7 Å². The smallest absolute Gasteiger partial charge is 0.368 e. The summed E-state index contributed by atoms with van der Waals surface area (Å²) in [6, 6.07) is 4.04. The van der Waals surface area contributed by atoms with Crippen LogP contribution in [0.3, 0.4) is 0 Å². The molecule has 3 amide bonds. The van der Waals surface area contributed by atoms with Crippen LogP contribution in [0.15, 0.2) is 42.2 Å². The number of hydrogen-bond donors (Lipinski definition) is 3. The van der Waals surface area contributed by atoms with Crippen molar-refractivity contribution in [2.45, 2.75) is 25.4 Å². The zero-order valence-corrected chi connectivity index (χ0v) is 21.5. The molecule has 38 heavy (non-hydrogen) atoms. The average molecular weight is 562 g/mol. The van der Waals surface area contributed by atoms with E-state index >= 15 is 0 Å². The number of urea groups is 1. The number of thiazole rings is 1. The lowest BCUT2D eigenvalue weighted by Crippen LogP contribution is -2.28. The van der Waals surface area contributed by atoms with Crippen LogP contribution in [0.1, 0.15) is 33.6 Å². The van der Waals surface area contributed by atoms with Crippen molar-refractivity contribution < 1.29 is 22.8 Å². The van der Waals surface area contributed by atoms with Crippen molar-refractivity contribution in [3.8, 4) is 0 Å². The van der Waals surface area contributed by atoms with Crippen LogP contribution in [0.5, 0.6) is 0 Å². The van der Waals surface area contributed by atoms with E-state index in [-0.39, 0.29) is 11.3 Å². The standard InChI is InChI=1S/C24H22F3N7O2S2/c25-24(26,27)15-9-14(21(35)34-6-1-2-7-34)10-16(11-15)32-22(36)33-23-29-12-17(38-23)3-5-28-20-19-18(4-8-37-19)30-13-31-20/h4,8-13H,1-3,5-7H2,(H,28,30,31)(H2,29,32,33,36). The van der Waals surface area contributed by atoms with Crippen LogP contribution < -0.4 is 16.0 Å². The molecule has 0 bridgehead atoms. The van der Waals surface area contributed by atoms with Crippen molar-refractivity contribution in [1.29, 1.82) is 0 Å². The third-order valence-electron chi connectivity index (χ3n) is 5.84. The highest BCUT2D eigenvalue weighted by Crippen LogP contribution is 2.33. The van der Waals surface area contributed by atoms with E-state index in [0.717, 1.165) is 45.9 Å². The van der Waals surface area contributed by atoms with Gasteiger partial charge in [-0.2, -0.15) is 13.2 Å². The van der Waals surface area contributed by atoms with Crippen LogP contribution in [-0.4, -0.2) is 51.4 Å². The molecule has 9 nitrogen and oxygen atoms in total. The Bertz CT molecular complexity index is 1460. The predicted octanol–water partition coefficient (Wildman–Crippen LogP) is 5.70. The number of alkyl halides is 3. The Kier molecular flexibility index (Phi) is 7.42. The molecule has 0 aliphatic carbocycles. The quantitative estimate of drug-likeness (QED) is 0.267. The van der Waals surface area contributed by atoms with Crippen molar-refractivity contribution in [2.24, 2.45) is 0 Å². The maximum Gasteiger partial charge on any atom is 0.416 e. The summed E-state index contributed by atoms with van der Waals surface area (Å²) in [5, 5.41) is 10.5. The fourth-order valence-electron chi connectivity index (χ4n) is 4.05. The van der Waals surface area contributed by atoms with E-state index in [1.807, 2.05) is 11.4 Å². The van der Waals surface area contributed by atoms with Crippen LogP contribution in [0, 0.1) is 0 Å². The minimum Gasteiger partial charge on any atom is -0.368 e. The van der Waals surface area contributed by atoms with Crippen molar-refractivity contribution in [1.82, 2.24) is 19.9 Å². The number of carbonyl (C=O) groups excluding carboxylic acids is 2. The number of nitrogens with zero attached hydrogens (tertiary/aromatic N) is 4. The van der Waals surface area contributed by atoms with Gasteiger partial charge in [0.05, 0.1) is 15.8 Å². The van der Waals surface area contributed by atoms with Crippen LogP contribution in [0.2, 0.25) is 0 Å². The Morgan fingerprint density at radius 3 is 2.66 bits per heavy atom. The molecular weight excluding hydrogens is 539 g/mol. The molecule has 0 saturated carbocycles. The van der Waals surface area contributed by atoms with Crippen molar-refractivity contribution in [3.05, 3.63) is 58.2 Å². The monoisotopic (exact) mass is 561 g/mol. The Morgan fingerprint density at radius 2 is 1.87 bits per heavy atom. The first-order valence-corrected chi connectivity index (χ1v) is 13.4. The van der Waals surface area contributed by atoms with Crippen molar-refractivity contribution in [3.63, 3.8) is 0 Å². The summed E-state index contributed by atoms with van der Waals surface area (Å²) >= 11 is 2.80. The summed E-state index contributed by atoms with van der Waals surface area (Å²) in [5.74, 6) is 0.257. The highest BCUT2D eigenvalue weighted by molar-refractivity contribution is 7.17. The molecule has 0 atom stereocenters. The second-order valence-corrected chi connectivity index (χ2v) is 10.6. The first-order chi connectivity index (χ1) is 18.3. The second kappa shape index (κ2) is 10.9. The summed E-state index contributed by atoms with van der Waals surface area (Å²) in [6.45, 7) is 1.57. The van der Waals surface area contributed by atoms with Gasteiger partial charge in [0.25, 0.3) is 5.91 Å². The number of amides is 3. The molecule has 3 aromatic heterocycles.